The van der Waals surface area contributed by atoms with Crippen molar-refractivity contribution >= 4 is 6.01 Å². The predicted octanol–water partition coefficient (Wildman–Crippen LogP) is 1.22. The maximum atomic E-state index is 5.26. The van der Waals surface area contributed by atoms with Crippen LogP contribution in [0.5, 0.6) is 0 Å². The van der Waals surface area contributed by atoms with Crippen LogP contribution in [0.4, 0.5) is 6.01 Å². The number of rotatable bonds is 1. The SMILES string of the molecule is Cc1occc1-c1nnc(N)o1. The Bertz CT molecular complexity index is 391. The summed E-state index contributed by atoms with van der Waals surface area (Å²) in [6, 6.07) is 1.81. The Morgan fingerprint density at radius 3 is 2.75 bits per heavy atom. The molecule has 12 heavy (non-hydrogen) atoms. The van der Waals surface area contributed by atoms with Gasteiger partial charge in [0.15, 0.2) is 0 Å². The first kappa shape index (κ1) is 6.90. The molecule has 2 aromatic rings. The van der Waals surface area contributed by atoms with Crippen LogP contribution in [0, 0.1) is 6.92 Å². The highest BCUT2D eigenvalue weighted by atomic mass is 16.4. The summed E-state index contributed by atoms with van der Waals surface area (Å²) in [6.07, 6.45) is 1.56. The van der Waals surface area contributed by atoms with Crippen molar-refractivity contribution < 1.29 is 8.83 Å². The molecule has 2 heterocycles. The van der Waals surface area contributed by atoms with E-state index in [9.17, 15) is 0 Å². The van der Waals surface area contributed by atoms with Crippen molar-refractivity contribution in [3.8, 4) is 11.5 Å². The molecule has 0 aliphatic heterocycles. The number of nitrogen functional groups attached to an aromatic ring is 1. The largest absolute Gasteiger partial charge is 0.469 e. The van der Waals surface area contributed by atoms with Gasteiger partial charge in [-0.25, -0.2) is 0 Å². The van der Waals surface area contributed by atoms with Crippen LogP contribution in [-0.4, -0.2) is 10.2 Å². The van der Waals surface area contributed by atoms with Crippen LogP contribution < -0.4 is 5.73 Å². The summed E-state index contributed by atoms with van der Waals surface area (Å²) in [4.78, 5) is 0. The molecule has 0 amide bonds. The monoisotopic (exact) mass is 165 g/mol. The van der Waals surface area contributed by atoms with E-state index in [-0.39, 0.29) is 6.01 Å². The minimum atomic E-state index is 0.0607. The van der Waals surface area contributed by atoms with Gasteiger partial charge < -0.3 is 14.6 Å². The van der Waals surface area contributed by atoms with Gasteiger partial charge in [0.05, 0.1) is 11.8 Å². The lowest BCUT2D eigenvalue weighted by Crippen LogP contribution is -1.81. The molecule has 0 spiro atoms. The van der Waals surface area contributed by atoms with Crippen molar-refractivity contribution in [2.45, 2.75) is 6.92 Å². The molecule has 0 bridgehead atoms. The molecule has 0 unspecified atom stereocenters. The number of hydrogen-bond donors (Lipinski definition) is 1. The van der Waals surface area contributed by atoms with Gasteiger partial charge in [-0.1, -0.05) is 5.10 Å². The van der Waals surface area contributed by atoms with E-state index >= 15 is 0 Å². The van der Waals surface area contributed by atoms with E-state index in [0.717, 1.165) is 11.3 Å². The Balaban J connectivity index is 2.50. The maximum Gasteiger partial charge on any atom is 0.313 e. The van der Waals surface area contributed by atoms with Gasteiger partial charge in [0, 0.05) is 0 Å². The second-order valence-electron chi connectivity index (χ2n) is 2.34. The molecular weight excluding hydrogens is 158 g/mol. The van der Waals surface area contributed by atoms with E-state index in [0.29, 0.717) is 5.89 Å². The zero-order valence-electron chi connectivity index (χ0n) is 6.44. The highest BCUT2D eigenvalue weighted by molar-refractivity contribution is 5.54. The summed E-state index contributed by atoms with van der Waals surface area (Å²) in [5, 5.41) is 7.25. The lowest BCUT2D eigenvalue weighted by molar-refractivity contribution is 0.531. The topological polar surface area (TPSA) is 78.1 Å². The summed E-state index contributed by atoms with van der Waals surface area (Å²) >= 11 is 0. The lowest BCUT2D eigenvalue weighted by atomic mass is 10.3. The van der Waals surface area contributed by atoms with Gasteiger partial charge in [0.25, 0.3) is 5.89 Å². The summed E-state index contributed by atoms with van der Waals surface area (Å²) in [6.45, 7) is 1.82. The normalized spacial score (nSPS) is 10.4. The molecule has 0 radical (unpaired) electrons. The van der Waals surface area contributed by atoms with Crippen LogP contribution in [0.3, 0.4) is 0 Å². The van der Waals surface area contributed by atoms with Crippen LogP contribution in [0.2, 0.25) is 0 Å². The second kappa shape index (κ2) is 2.37. The first-order valence-electron chi connectivity index (χ1n) is 3.41. The van der Waals surface area contributed by atoms with Crippen LogP contribution in [-0.2, 0) is 0 Å². The minimum Gasteiger partial charge on any atom is -0.469 e. The molecule has 5 nitrogen and oxygen atoms in total. The maximum absolute atomic E-state index is 5.26. The first-order valence-corrected chi connectivity index (χ1v) is 3.41. The number of hydrogen-bond acceptors (Lipinski definition) is 5. The van der Waals surface area contributed by atoms with Crippen molar-refractivity contribution in [2.75, 3.05) is 5.73 Å². The molecule has 0 atom stereocenters. The molecule has 2 rings (SSSR count). The fourth-order valence-electron chi connectivity index (χ4n) is 0.950. The van der Waals surface area contributed by atoms with Crippen molar-refractivity contribution in [1.29, 1.82) is 0 Å². The van der Waals surface area contributed by atoms with Crippen molar-refractivity contribution in [3.05, 3.63) is 18.1 Å². The number of nitrogens with two attached hydrogens (primary N) is 1. The van der Waals surface area contributed by atoms with Crippen molar-refractivity contribution in [3.63, 3.8) is 0 Å². The van der Waals surface area contributed by atoms with Crippen LogP contribution in [0.15, 0.2) is 21.2 Å². The molecular formula is C7H7N3O2. The fraction of sp³-hybridized carbons (Fsp3) is 0.143. The standard InChI is InChI=1S/C7H7N3O2/c1-4-5(2-3-11-4)6-9-10-7(8)12-6/h2-3H,1H3,(H2,8,10). The van der Waals surface area contributed by atoms with E-state index in [2.05, 4.69) is 10.2 Å². The zero-order valence-corrected chi connectivity index (χ0v) is 6.44. The number of anilines is 1. The number of nitrogens with zero attached hydrogens (tertiary/aromatic N) is 2. The molecule has 2 N–H and O–H groups in total. The third kappa shape index (κ3) is 0.952. The Kier molecular flexibility index (Phi) is 1.36. The fourth-order valence-corrected chi connectivity index (χ4v) is 0.950. The third-order valence-corrected chi connectivity index (χ3v) is 1.53. The van der Waals surface area contributed by atoms with E-state index in [4.69, 9.17) is 14.6 Å². The summed E-state index contributed by atoms with van der Waals surface area (Å²) in [5.41, 5.74) is 6.04. The molecule has 62 valence electrons. The Morgan fingerprint density at radius 2 is 2.25 bits per heavy atom. The third-order valence-electron chi connectivity index (χ3n) is 1.53. The molecule has 0 aliphatic carbocycles. The highest BCUT2D eigenvalue weighted by Gasteiger charge is 2.10. The average Bonchev–Trinajstić information content (AvgIpc) is 2.58. The second-order valence-corrected chi connectivity index (χ2v) is 2.34. The van der Waals surface area contributed by atoms with E-state index in [1.165, 1.54) is 0 Å². The molecule has 2 aromatic heterocycles. The smallest absolute Gasteiger partial charge is 0.313 e. The summed E-state index contributed by atoms with van der Waals surface area (Å²) in [5.74, 6) is 1.12. The Hall–Kier alpha value is -1.78. The van der Waals surface area contributed by atoms with E-state index in [1.54, 1.807) is 12.3 Å². The van der Waals surface area contributed by atoms with Crippen LogP contribution >= 0.6 is 0 Å². The number of aryl methyl sites for hydroxylation is 1. The molecule has 0 aliphatic rings. The van der Waals surface area contributed by atoms with Crippen molar-refractivity contribution in [2.24, 2.45) is 0 Å². The number of aromatic nitrogens is 2. The van der Waals surface area contributed by atoms with Gasteiger partial charge >= 0.3 is 6.01 Å². The summed E-state index contributed by atoms with van der Waals surface area (Å²) < 4.78 is 10.1. The molecule has 0 saturated heterocycles. The first-order chi connectivity index (χ1) is 5.77. The van der Waals surface area contributed by atoms with Gasteiger partial charge in [0.1, 0.15) is 5.76 Å². The van der Waals surface area contributed by atoms with Gasteiger partial charge in [-0.3, -0.25) is 0 Å². The van der Waals surface area contributed by atoms with Crippen LogP contribution in [0.25, 0.3) is 11.5 Å². The van der Waals surface area contributed by atoms with E-state index < -0.39 is 0 Å². The Morgan fingerprint density at radius 1 is 1.42 bits per heavy atom. The van der Waals surface area contributed by atoms with Crippen LogP contribution in [0.1, 0.15) is 5.76 Å². The van der Waals surface area contributed by atoms with Crippen molar-refractivity contribution in [1.82, 2.24) is 10.2 Å². The quantitative estimate of drug-likeness (QED) is 0.687. The summed E-state index contributed by atoms with van der Waals surface area (Å²) in [7, 11) is 0. The molecule has 0 saturated carbocycles. The van der Waals surface area contributed by atoms with Gasteiger partial charge in [-0.15, -0.1) is 5.10 Å². The van der Waals surface area contributed by atoms with Gasteiger partial charge in [-0.05, 0) is 13.0 Å². The molecule has 0 aromatic carbocycles. The zero-order chi connectivity index (χ0) is 8.55. The predicted molar refractivity (Wildman–Crippen MR) is 41.1 cm³/mol. The molecule has 0 fully saturated rings. The van der Waals surface area contributed by atoms with Gasteiger partial charge in [0.2, 0.25) is 0 Å². The number of furan rings is 1. The minimum absolute atomic E-state index is 0.0607. The molecule has 5 heteroatoms. The lowest BCUT2D eigenvalue weighted by Gasteiger charge is -1.87. The average molecular weight is 165 g/mol. The Labute approximate surface area is 68.2 Å². The highest BCUT2D eigenvalue weighted by Crippen LogP contribution is 2.22. The van der Waals surface area contributed by atoms with E-state index in [1.807, 2.05) is 6.92 Å². The van der Waals surface area contributed by atoms with Gasteiger partial charge in [-0.2, -0.15) is 0 Å².